The molecule has 1 saturated heterocycles. The average Bonchev–Trinajstić information content (AvgIpc) is 2.68. The van der Waals surface area contributed by atoms with Gasteiger partial charge >= 0.3 is 5.69 Å². The topological polar surface area (TPSA) is 104 Å². The van der Waals surface area contributed by atoms with Gasteiger partial charge in [-0.3, -0.25) is 14.9 Å². The van der Waals surface area contributed by atoms with Gasteiger partial charge in [-0.15, -0.1) is 0 Å². The van der Waals surface area contributed by atoms with Crippen LogP contribution in [-0.4, -0.2) is 58.3 Å². The minimum absolute atomic E-state index is 0.0784. The molecule has 1 aliphatic heterocycles. The Morgan fingerprint density at radius 2 is 2.00 bits per heavy atom. The van der Waals surface area contributed by atoms with E-state index in [4.69, 9.17) is 0 Å². The first kappa shape index (κ1) is 18.7. The van der Waals surface area contributed by atoms with E-state index in [2.05, 4.69) is 27.1 Å². The van der Waals surface area contributed by atoms with E-state index in [1.165, 1.54) is 13.3 Å². The van der Waals surface area contributed by atoms with Crippen molar-refractivity contribution in [2.75, 3.05) is 42.9 Å². The number of nitro groups is 1. The molecule has 9 heteroatoms. The Balaban J connectivity index is 1.91. The van der Waals surface area contributed by atoms with Gasteiger partial charge in [0.25, 0.3) is 0 Å². The molecule has 0 saturated carbocycles. The Morgan fingerprint density at radius 3 is 2.63 bits per heavy atom. The van der Waals surface area contributed by atoms with Gasteiger partial charge in [-0.2, -0.15) is 0 Å². The second-order valence-corrected chi connectivity index (χ2v) is 6.33. The number of piperazine rings is 1. The van der Waals surface area contributed by atoms with Crippen molar-refractivity contribution in [2.45, 2.75) is 13.8 Å². The van der Waals surface area contributed by atoms with Crippen LogP contribution in [0.15, 0.2) is 30.6 Å². The summed E-state index contributed by atoms with van der Waals surface area (Å²) >= 11 is 0. The summed E-state index contributed by atoms with van der Waals surface area (Å²) < 4.78 is 0. The smallest absolute Gasteiger partial charge is 0.348 e. The van der Waals surface area contributed by atoms with Gasteiger partial charge in [0.15, 0.2) is 5.78 Å². The number of hydrogen-bond donors (Lipinski definition) is 1. The SMILES string of the molecule is CCN1CCN(c2ncnc(Nc3cccc(C(C)=O)c3)c2[N+](=O)[O-])CC1. The molecule has 2 heterocycles. The number of rotatable bonds is 6. The third-order valence-corrected chi connectivity index (χ3v) is 4.64. The van der Waals surface area contributed by atoms with Crippen LogP contribution in [0.25, 0.3) is 0 Å². The molecule has 9 nitrogen and oxygen atoms in total. The molecule has 3 rings (SSSR count). The molecule has 0 radical (unpaired) electrons. The Morgan fingerprint density at radius 1 is 1.26 bits per heavy atom. The van der Waals surface area contributed by atoms with Crippen molar-refractivity contribution < 1.29 is 9.72 Å². The predicted molar refractivity (Wildman–Crippen MR) is 103 cm³/mol. The number of carbonyl (C=O) groups is 1. The molecule has 1 N–H and O–H groups in total. The Bertz CT molecular complexity index is 849. The van der Waals surface area contributed by atoms with Gasteiger partial charge in [-0.25, -0.2) is 9.97 Å². The number of nitrogens with zero attached hydrogens (tertiary/aromatic N) is 5. The Hall–Kier alpha value is -3.07. The zero-order valence-electron chi connectivity index (χ0n) is 15.4. The van der Waals surface area contributed by atoms with Crippen molar-refractivity contribution >= 4 is 28.8 Å². The largest absolute Gasteiger partial charge is 0.353 e. The van der Waals surface area contributed by atoms with Crippen molar-refractivity contribution in [3.63, 3.8) is 0 Å². The number of likely N-dealkylation sites (N-methyl/N-ethyl adjacent to an activating group) is 1. The molecule has 0 bridgehead atoms. The van der Waals surface area contributed by atoms with Crippen LogP contribution >= 0.6 is 0 Å². The number of ketones is 1. The maximum atomic E-state index is 11.8. The van der Waals surface area contributed by atoms with E-state index >= 15 is 0 Å². The van der Waals surface area contributed by atoms with Crippen molar-refractivity contribution in [2.24, 2.45) is 0 Å². The van der Waals surface area contributed by atoms with Crippen LogP contribution in [0.4, 0.5) is 23.0 Å². The molecule has 1 aliphatic rings. The standard InChI is InChI=1S/C18H22N6O3/c1-3-22-7-9-23(10-8-22)18-16(24(26)27)17(19-12-20-18)21-15-6-4-5-14(11-15)13(2)25/h4-6,11-12H,3,7-10H2,1-2H3,(H,19,20,21). The highest BCUT2D eigenvalue weighted by Gasteiger charge is 2.29. The second-order valence-electron chi connectivity index (χ2n) is 6.33. The van der Waals surface area contributed by atoms with Crippen molar-refractivity contribution in [3.05, 3.63) is 46.3 Å². The molecule has 1 fully saturated rings. The molecule has 2 aromatic rings. The lowest BCUT2D eigenvalue weighted by molar-refractivity contribution is -0.383. The van der Waals surface area contributed by atoms with Gasteiger partial charge < -0.3 is 15.1 Å². The van der Waals surface area contributed by atoms with E-state index < -0.39 is 4.92 Å². The maximum Gasteiger partial charge on any atom is 0.353 e. The Kier molecular flexibility index (Phi) is 5.60. The minimum Gasteiger partial charge on any atom is -0.348 e. The van der Waals surface area contributed by atoms with Crippen LogP contribution in [0.3, 0.4) is 0 Å². The number of anilines is 3. The molecule has 0 atom stereocenters. The van der Waals surface area contributed by atoms with E-state index in [-0.39, 0.29) is 17.3 Å². The molecule has 0 amide bonds. The number of nitrogens with one attached hydrogen (secondary N) is 1. The number of hydrogen-bond acceptors (Lipinski definition) is 8. The maximum absolute atomic E-state index is 11.8. The molecule has 27 heavy (non-hydrogen) atoms. The fraction of sp³-hybridized carbons (Fsp3) is 0.389. The first-order chi connectivity index (χ1) is 13.0. The lowest BCUT2D eigenvalue weighted by Gasteiger charge is -2.34. The fourth-order valence-electron chi connectivity index (χ4n) is 3.09. The predicted octanol–water partition coefficient (Wildman–Crippen LogP) is 2.47. The van der Waals surface area contributed by atoms with Crippen LogP contribution in [0.1, 0.15) is 24.2 Å². The van der Waals surface area contributed by atoms with Gasteiger partial charge in [0.1, 0.15) is 6.33 Å². The van der Waals surface area contributed by atoms with Gasteiger partial charge in [-0.05, 0) is 25.6 Å². The van der Waals surface area contributed by atoms with E-state index in [1.807, 2.05) is 4.90 Å². The number of carbonyl (C=O) groups excluding carboxylic acids is 1. The lowest BCUT2D eigenvalue weighted by Crippen LogP contribution is -2.46. The van der Waals surface area contributed by atoms with Crippen LogP contribution in [0.2, 0.25) is 0 Å². The zero-order chi connectivity index (χ0) is 19.4. The normalized spacial score (nSPS) is 14.8. The molecule has 0 unspecified atom stereocenters. The summed E-state index contributed by atoms with van der Waals surface area (Å²) in [5.41, 5.74) is 0.926. The van der Waals surface area contributed by atoms with Crippen molar-refractivity contribution in [3.8, 4) is 0 Å². The molecular formula is C18H22N6O3. The minimum atomic E-state index is -0.460. The summed E-state index contributed by atoms with van der Waals surface area (Å²) in [4.78, 5) is 35.3. The second kappa shape index (κ2) is 8.09. The molecule has 0 spiro atoms. The van der Waals surface area contributed by atoms with Crippen LogP contribution in [0.5, 0.6) is 0 Å². The average molecular weight is 370 g/mol. The summed E-state index contributed by atoms with van der Waals surface area (Å²) in [6.07, 6.45) is 1.33. The fourth-order valence-corrected chi connectivity index (χ4v) is 3.09. The van der Waals surface area contributed by atoms with Crippen molar-refractivity contribution in [1.82, 2.24) is 14.9 Å². The highest BCUT2D eigenvalue weighted by Crippen LogP contribution is 2.34. The van der Waals surface area contributed by atoms with Crippen LogP contribution in [0, 0.1) is 10.1 Å². The van der Waals surface area contributed by atoms with Crippen LogP contribution < -0.4 is 10.2 Å². The third kappa shape index (κ3) is 4.20. The van der Waals surface area contributed by atoms with E-state index in [0.717, 1.165) is 19.6 Å². The van der Waals surface area contributed by atoms with Crippen LogP contribution in [-0.2, 0) is 0 Å². The van der Waals surface area contributed by atoms with E-state index in [1.54, 1.807) is 24.3 Å². The van der Waals surface area contributed by atoms with E-state index in [0.29, 0.717) is 30.2 Å². The van der Waals surface area contributed by atoms with Gasteiger partial charge in [0, 0.05) is 37.4 Å². The molecule has 142 valence electrons. The molecule has 1 aromatic heterocycles. The first-order valence-electron chi connectivity index (χ1n) is 8.84. The number of Topliss-reactive ketones (excluding diaryl/α,β-unsaturated/α-hetero) is 1. The summed E-state index contributed by atoms with van der Waals surface area (Å²) in [5.74, 6) is 0.352. The molecular weight excluding hydrogens is 348 g/mol. The monoisotopic (exact) mass is 370 g/mol. The van der Waals surface area contributed by atoms with Crippen molar-refractivity contribution in [1.29, 1.82) is 0 Å². The summed E-state index contributed by atoms with van der Waals surface area (Å²) in [6.45, 7) is 7.54. The highest BCUT2D eigenvalue weighted by molar-refractivity contribution is 5.95. The van der Waals surface area contributed by atoms with Gasteiger partial charge in [0.2, 0.25) is 11.6 Å². The van der Waals surface area contributed by atoms with E-state index in [9.17, 15) is 14.9 Å². The van der Waals surface area contributed by atoms with Gasteiger partial charge in [0.05, 0.1) is 4.92 Å². The highest BCUT2D eigenvalue weighted by atomic mass is 16.6. The lowest BCUT2D eigenvalue weighted by atomic mass is 10.1. The summed E-state index contributed by atoms with van der Waals surface area (Å²) in [5, 5.41) is 14.7. The first-order valence-corrected chi connectivity index (χ1v) is 8.84. The summed E-state index contributed by atoms with van der Waals surface area (Å²) in [7, 11) is 0. The quantitative estimate of drug-likeness (QED) is 0.470. The number of benzene rings is 1. The Labute approximate surface area is 157 Å². The molecule has 1 aromatic carbocycles. The van der Waals surface area contributed by atoms with Gasteiger partial charge in [-0.1, -0.05) is 19.1 Å². The third-order valence-electron chi connectivity index (χ3n) is 4.64. The number of aromatic nitrogens is 2. The zero-order valence-corrected chi connectivity index (χ0v) is 15.4. The summed E-state index contributed by atoms with van der Waals surface area (Å²) in [6, 6.07) is 6.79. The molecule has 0 aliphatic carbocycles.